The van der Waals surface area contributed by atoms with Gasteiger partial charge in [-0.3, -0.25) is 5.32 Å². The number of carbonyl (C=O) groups is 1. The van der Waals surface area contributed by atoms with Gasteiger partial charge in [0, 0.05) is 9.92 Å². The van der Waals surface area contributed by atoms with E-state index in [0.29, 0.717) is 14.8 Å². The number of hydrogen-bond donors (Lipinski definition) is 1. The molecule has 12 heteroatoms. The first-order valence-electron chi connectivity index (χ1n) is 12.0. The number of ether oxygens (including phenoxy) is 1. The van der Waals surface area contributed by atoms with Gasteiger partial charge >= 0.3 is 6.09 Å². The highest BCUT2D eigenvalue weighted by molar-refractivity contribution is 8.06. The van der Waals surface area contributed by atoms with Crippen LogP contribution in [-0.4, -0.2) is 12.7 Å². The highest BCUT2D eigenvalue weighted by atomic mass is 35.7. The van der Waals surface area contributed by atoms with Gasteiger partial charge in [0.2, 0.25) is 5.44 Å². The normalized spacial score (nSPS) is 12.0. The van der Waals surface area contributed by atoms with Crippen molar-refractivity contribution in [1.82, 2.24) is 5.32 Å². The van der Waals surface area contributed by atoms with Crippen LogP contribution in [0.2, 0.25) is 5.02 Å². The van der Waals surface area contributed by atoms with Crippen LogP contribution in [0.5, 0.6) is 0 Å². The SMILES string of the molecule is CCOC(=O)N/C(=C(\Cl)Sc1ccc(Cl)cc1)[P+](c1ccccc1)(c1ccccc1)c1ccccc1.[O-][Cl+3]([O-])([O-])[O-]. The summed E-state index contributed by atoms with van der Waals surface area (Å²) >= 11 is 14.6. The Hall–Kier alpha value is -2.62. The third kappa shape index (κ3) is 9.45. The second-order valence-electron chi connectivity index (χ2n) is 8.08. The monoisotopic (exact) mass is 651 g/mol. The predicted molar refractivity (Wildman–Crippen MR) is 155 cm³/mol. The molecule has 0 heterocycles. The molecule has 0 bridgehead atoms. The van der Waals surface area contributed by atoms with Gasteiger partial charge in [0.25, 0.3) is 0 Å². The van der Waals surface area contributed by atoms with Gasteiger partial charge in [-0.25, -0.2) is 23.4 Å². The predicted octanol–water partition coefficient (Wildman–Crippen LogP) is 2.78. The smallest absolute Gasteiger partial charge is 0.414 e. The van der Waals surface area contributed by atoms with Gasteiger partial charge in [-0.1, -0.05) is 89.6 Å². The number of carbonyl (C=O) groups excluding carboxylic acids is 1. The average molecular weight is 653 g/mol. The van der Waals surface area contributed by atoms with Crippen molar-refractivity contribution in [2.45, 2.75) is 11.8 Å². The lowest BCUT2D eigenvalue weighted by Crippen LogP contribution is -2.68. The number of halogens is 3. The van der Waals surface area contributed by atoms with E-state index in [1.165, 1.54) is 11.8 Å². The van der Waals surface area contributed by atoms with Crippen molar-refractivity contribution in [1.29, 1.82) is 0 Å². The van der Waals surface area contributed by atoms with E-state index < -0.39 is 23.6 Å². The summed E-state index contributed by atoms with van der Waals surface area (Å²) in [6.07, 6.45) is -0.547. The van der Waals surface area contributed by atoms with Crippen LogP contribution in [0, 0.1) is 10.2 Å². The number of hydrogen-bond acceptors (Lipinski definition) is 7. The summed E-state index contributed by atoms with van der Waals surface area (Å²) in [4.78, 5) is 13.9. The van der Waals surface area contributed by atoms with Crippen LogP contribution in [0.3, 0.4) is 0 Å². The molecule has 0 aromatic heterocycles. The Morgan fingerprint density at radius 1 is 0.780 bits per heavy atom. The van der Waals surface area contributed by atoms with Crippen LogP contribution >= 0.6 is 42.2 Å². The van der Waals surface area contributed by atoms with Gasteiger partial charge in [0.05, 0.1) is 6.61 Å². The lowest BCUT2D eigenvalue weighted by molar-refractivity contribution is -2.00. The molecule has 0 saturated heterocycles. The summed E-state index contributed by atoms with van der Waals surface area (Å²) < 4.78 is 39.8. The molecular formula is C29H25Cl3NO6PS. The molecule has 4 rings (SSSR count). The molecule has 4 aromatic rings. The van der Waals surface area contributed by atoms with Crippen molar-refractivity contribution in [2.24, 2.45) is 0 Å². The average Bonchev–Trinajstić information content (AvgIpc) is 2.95. The first kappa shape index (κ1) is 32.9. The summed E-state index contributed by atoms with van der Waals surface area (Å²) in [5.74, 6) is 0. The number of alkyl carbamates (subject to hydrolysis) is 1. The molecule has 0 atom stereocenters. The maximum atomic E-state index is 13.0. The van der Waals surface area contributed by atoms with Crippen molar-refractivity contribution in [3.63, 3.8) is 0 Å². The number of amides is 1. The zero-order valence-corrected chi connectivity index (χ0v) is 25.6. The number of nitrogens with one attached hydrogen (secondary N) is 1. The third-order valence-corrected chi connectivity index (χ3v) is 11.5. The largest absolute Gasteiger partial charge is 0.450 e. The van der Waals surface area contributed by atoms with Crippen LogP contribution < -0.4 is 39.9 Å². The highest BCUT2D eigenvalue weighted by Crippen LogP contribution is 2.63. The molecular weight excluding hydrogens is 628 g/mol. The minimum absolute atomic E-state index is 0.245. The topological polar surface area (TPSA) is 131 Å². The Balaban J connectivity index is 0.000000850. The fraction of sp³-hybridized carbons (Fsp3) is 0.0690. The molecule has 1 amide bonds. The zero-order chi connectivity index (χ0) is 29.9. The summed E-state index contributed by atoms with van der Waals surface area (Å²) in [6.45, 7) is 2.02. The van der Waals surface area contributed by atoms with Gasteiger partial charge in [-0.15, -0.1) is 10.2 Å². The van der Waals surface area contributed by atoms with Gasteiger partial charge in [0.1, 0.15) is 20.3 Å². The second kappa shape index (κ2) is 15.6. The Labute approximate surface area is 255 Å². The zero-order valence-electron chi connectivity index (χ0n) is 21.6. The number of thioether (sulfide) groups is 1. The van der Waals surface area contributed by atoms with E-state index >= 15 is 0 Å². The number of rotatable bonds is 8. The van der Waals surface area contributed by atoms with Crippen molar-refractivity contribution < 1.29 is 38.4 Å². The van der Waals surface area contributed by atoms with Crippen molar-refractivity contribution in [3.05, 3.63) is 130 Å². The molecule has 0 fully saturated rings. The molecule has 0 radical (unpaired) electrons. The number of benzene rings is 4. The minimum Gasteiger partial charge on any atom is -0.450 e. The van der Waals surface area contributed by atoms with Gasteiger partial charge in [0.15, 0.2) is 7.26 Å². The van der Waals surface area contributed by atoms with E-state index in [-0.39, 0.29) is 6.61 Å². The molecule has 0 aliphatic rings. The van der Waals surface area contributed by atoms with Crippen molar-refractivity contribution >= 4 is 64.2 Å². The molecule has 41 heavy (non-hydrogen) atoms. The van der Waals surface area contributed by atoms with Gasteiger partial charge in [-0.05, 0) is 67.6 Å². The first-order valence-corrected chi connectivity index (χ1v) is 16.6. The van der Waals surface area contributed by atoms with Crippen LogP contribution in [0.25, 0.3) is 0 Å². The first-order chi connectivity index (χ1) is 19.6. The van der Waals surface area contributed by atoms with Crippen LogP contribution in [0.4, 0.5) is 4.79 Å². The van der Waals surface area contributed by atoms with Gasteiger partial charge in [-0.2, -0.15) is 0 Å². The lowest BCUT2D eigenvalue weighted by Gasteiger charge is -2.29. The van der Waals surface area contributed by atoms with E-state index in [4.69, 9.17) is 46.6 Å². The third-order valence-electron chi connectivity index (χ3n) is 5.47. The maximum Gasteiger partial charge on any atom is 0.414 e. The van der Waals surface area contributed by atoms with Crippen molar-refractivity contribution in [2.75, 3.05) is 6.61 Å². The standard InChI is InChI=1S/C29H24Cl2NO2PS.ClHO4/c1-2-34-29(33)32-28(27(31)36-26-20-18-22(30)19-21-26)35(23-12-6-3-7-13-23,24-14-8-4-9-15-24)25-16-10-5-11-17-25;2-1(3,4)5/h3-21H,2H2,1H3;(H,2,3,4,5)/b28-27-;. The Morgan fingerprint density at radius 2 is 1.17 bits per heavy atom. The van der Waals surface area contributed by atoms with Crippen LogP contribution in [0.1, 0.15) is 6.92 Å². The molecule has 1 N–H and O–H groups in total. The molecule has 0 unspecified atom stereocenters. The summed E-state index contributed by atoms with van der Waals surface area (Å²) in [6, 6.07) is 38.1. The fourth-order valence-electron chi connectivity index (χ4n) is 3.97. The summed E-state index contributed by atoms with van der Waals surface area (Å²) in [5.41, 5.74) is 0.617. The Morgan fingerprint density at radius 3 is 1.54 bits per heavy atom. The molecule has 0 saturated carbocycles. The van der Waals surface area contributed by atoms with Gasteiger partial charge < -0.3 is 4.74 Å². The fourth-order valence-corrected chi connectivity index (χ4v) is 10.0. The highest BCUT2D eigenvalue weighted by Gasteiger charge is 2.52. The molecule has 7 nitrogen and oxygen atoms in total. The Bertz CT molecular complexity index is 1320. The van der Waals surface area contributed by atoms with Crippen molar-refractivity contribution in [3.8, 4) is 0 Å². The van der Waals surface area contributed by atoms with E-state index in [1.807, 2.05) is 78.9 Å². The molecule has 0 aliphatic heterocycles. The Kier molecular flexibility index (Phi) is 12.5. The molecule has 0 aliphatic carbocycles. The van der Waals surface area contributed by atoms with E-state index in [9.17, 15) is 4.79 Å². The summed E-state index contributed by atoms with van der Waals surface area (Å²) in [5, 5.41) is 6.90. The molecule has 214 valence electrons. The molecule has 4 aromatic carbocycles. The quantitative estimate of drug-likeness (QED) is 0.229. The maximum absolute atomic E-state index is 13.0. The second-order valence-corrected chi connectivity index (χ2v) is 14.3. The molecule has 0 spiro atoms. The van der Waals surface area contributed by atoms with E-state index in [1.54, 1.807) is 6.92 Å². The lowest BCUT2D eigenvalue weighted by atomic mass is 10.4. The van der Waals surface area contributed by atoms with E-state index in [2.05, 4.69) is 41.7 Å². The van der Waals surface area contributed by atoms with Crippen LogP contribution in [-0.2, 0) is 4.74 Å². The van der Waals surface area contributed by atoms with Crippen LogP contribution in [0.15, 0.2) is 130 Å². The van der Waals surface area contributed by atoms with E-state index in [0.717, 1.165) is 20.8 Å². The summed E-state index contributed by atoms with van der Waals surface area (Å²) in [7, 11) is -7.60. The minimum atomic E-state index is -4.94.